The zero-order chi connectivity index (χ0) is 9.80. The molecule has 0 N–H and O–H groups in total. The van der Waals surface area contributed by atoms with Crippen molar-refractivity contribution in [1.82, 2.24) is 4.98 Å². The van der Waals surface area contributed by atoms with Gasteiger partial charge in [-0.15, -0.1) is 11.3 Å². The van der Waals surface area contributed by atoms with Crippen molar-refractivity contribution < 1.29 is 4.74 Å². The summed E-state index contributed by atoms with van der Waals surface area (Å²) in [6.45, 7) is 1.76. The van der Waals surface area contributed by atoms with E-state index in [9.17, 15) is 0 Å². The fourth-order valence-corrected chi connectivity index (χ4v) is 2.51. The number of hydrogen-bond acceptors (Lipinski definition) is 4. The summed E-state index contributed by atoms with van der Waals surface area (Å²) >= 11 is 1.66. The lowest BCUT2D eigenvalue weighted by Gasteiger charge is -2.02. The van der Waals surface area contributed by atoms with Crippen molar-refractivity contribution in [2.24, 2.45) is 5.92 Å². The highest BCUT2D eigenvalue weighted by molar-refractivity contribution is 7.09. The SMILES string of the molecule is N#CCc1csc(CC2CCOC2)n1. The first-order chi connectivity index (χ1) is 6.88. The molecule has 1 aromatic rings. The van der Waals surface area contributed by atoms with Crippen LogP contribution in [-0.2, 0) is 17.6 Å². The van der Waals surface area contributed by atoms with Gasteiger partial charge < -0.3 is 4.74 Å². The van der Waals surface area contributed by atoms with E-state index in [0.717, 1.165) is 36.8 Å². The Morgan fingerprint density at radius 3 is 3.36 bits per heavy atom. The van der Waals surface area contributed by atoms with Gasteiger partial charge >= 0.3 is 0 Å². The molecule has 0 amide bonds. The third-order valence-electron chi connectivity index (χ3n) is 2.35. The normalized spacial score (nSPS) is 20.9. The molecule has 1 fully saturated rings. The van der Waals surface area contributed by atoms with Gasteiger partial charge in [-0.2, -0.15) is 5.26 Å². The second-order valence-electron chi connectivity index (χ2n) is 3.50. The lowest BCUT2D eigenvalue weighted by Crippen LogP contribution is -2.03. The minimum Gasteiger partial charge on any atom is -0.381 e. The van der Waals surface area contributed by atoms with Gasteiger partial charge in [-0.05, 0) is 12.3 Å². The van der Waals surface area contributed by atoms with Crippen molar-refractivity contribution in [2.75, 3.05) is 13.2 Å². The van der Waals surface area contributed by atoms with Crippen molar-refractivity contribution in [1.29, 1.82) is 5.26 Å². The number of nitrogens with zero attached hydrogens (tertiary/aromatic N) is 2. The Bertz CT molecular complexity index is 336. The zero-order valence-corrected chi connectivity index (χ0v) is 8.72. The Labute approximate surface area is 87.3 Å². The summed E-state index contributed by atoms with van der Waals surface area (Å²) in [6.07, 6.45) is 2.58. The molecule has 0 radical (unpaired) electrons. The third-order valence-corrected chi connectivity index (χ3v) is 3.27. The maximum atomic E-state index is 8.51. The Hall–Kier alpha value is -0.920. The van der Waals surface area contributed by atoms with E-state index in [1.54, 1.807) is 11.3 Å². The van der Waals surface area contributed by atoms with E-state index in [4.69, 9.17) is 10.00 Å². The molecule has 1 aromatic heterocycles. The summed E-state index contributed by atoms with van der Waals surface area (Å²) in [5.74, 6) is 0.635. The predicted octanol–water partition coefficient (Wildman–Crippen LogP) is 1.79. The van der Waals surface area contributed by atoms with Crippen LogP contribution in [0.1, 0.15) is 17.1 Å². The zero-order valence-electron chi connectivity index (χ0n) is 7.90. The number of nitriles is 1. The van der Waals surface area contributed by atoms with Gasteiger partial charge in [0.15, 0.2) is 0 Å². The van der Waals surface area contributed by atoms with Crippen LogP contribution >= 0.6 is 11.3 Å². The van der Waals surface area contributed by atoms with E-state index < -0.39 is 0 Å². The van der Waals surface area contributed by atoms with E-state index in [1.807, 2.05) is 5.38 Å². The van der Waals surface area contributed by atoms with Crippen molar-refractivity contribution in [3.8, 4) is 6.07 Å². The number of rotatable bonds is 3. The third kappa shape index (κ3) is 2.31. The number of aromatic nitrogens is 1. The smallest absolute Gasteiger partial charge is 0.0932 e. The van der Waals surface area contributed by atoms with Gasteiger partial charge in [0.1, 0.15) is 0 Å². The minimum atomic E-state index is 0.428. The van der Waals surface area contributed by atoms with Crippen LogP contribution in [0.25, 0.3) is 0 Å². The molecule has 1 saturated heterocycles. The Kier molecular flexibility index (Phi) is 3.12. The van der Waals surface area contributed by atoms with Gasteiger partial charge in [-0.3, -0.25) is 0 Å². The van der Waals surface area contributed by atoms with Crippen LogP contribution in [0.15, 0.2) is 5.38 Å². The lowest BCUT2D eigenvalue weighted by molar-refractivity contribution is 0.186. The highest BCUT2D eigenvalue weighted by Gasteiger charge is 2.17. The van der Waals surface area contributed by atoms with Crippen LogP contribution in [0.4, 0.5) is 0 Å². The largest absolute Gasteiger partial charge is 0.381 e. The van der Waals surface area contributed by atoms with Crippen molar-refractivity contribution in [3.63, 3.8) is 0 Å². The van der Waals surface area contributed by atoms with E-state index in [1.165, 1.54) is 0 Å². The van der Waals surface area contributed by atoms with Crippen LogP contribution in [0, 0.1) is 17.2 Å². The van der Waals surface area contributed by atoms with E-state index in [0.29, 0.717) is 12.3 Å². The maximum Gasteiger partial charge on any atom is 0.0932 e. The molecule has 0 bridgehead atoms. The van der Waals surface area contributed by atoms with Crippen molar-refractivity contribution in [3.05, 3.63) is 16.1 Å². The van der Waals surface area contributed by atoms with Crippen LogP contribution in [0.5, 0.6) is 0 Å². The number of ether oxygens (including phenoxy) is 1. The molecule has 2 rings (SSSR count). The Morgan fingerprint density at radius 2 is 2.64 bits per heavy atom. The van der Waals surface area contributed by atoms with E-state index in [-0.39, 0.29) is 0 Å². The Balaban J connectivity index is 1.92. The fourth-order valence-electron chi connectivity index (χ4n) is 1.60. The monoisotopic (exact) mass is 208 g/mol. The molecule has 74 valence electrons. The summed E-state index contributed by atoms with van der Waals surface area (Å²) in [5.41, 5.74) is 0.909. The predicted molar refractivity (Wildman–Crippen MR) is 54.1 cm³/mol. The molecule has 0 spiro atoms. The topological polar surface area (TPSA) is 45.9 Å². The highest BCUT2D eigenvalue weighted by Crippen LogP contribution is 2.20. The first-order valence-electron chi connectivity index (χ1n) is 4.76. The van der Waals surface area contributed by atoms with Crippen LogP contribution in [-0.4, -0.2) is 18.2 Å². The minimum absolute atomic E-state index is 0.428. The molecule has 14 heavy (non-hydrogen) atoms. The quantitative estimate of drug-likeness (QED) is 0.760. The average molecular weight is 208 g/mol. The van der Waals surface area contributed by atoms with Gasteiger partial charge in [0.25, 0.3) is 0 Å². The molecule has 0 aliphatic carbocycles. The molecule has 1 aliphatic rings. The van der Waals surface area contributed by atoms with Crippen molar-refractivity contribution >= 4 is 11.3 Å². The molecule has 0 aromatic carbocycles. The summed E-state index contributed by atoms with van der Waals surface area (Å²) in [4.78, 5) is 4.40. The highest BCUT2D eigenvalue weighted by atomic mass is 32.1. The standard InChI is InChI=1S/C10H12N2OS/c11-3-1-9-7-14-10(12-9)5-8-2-4-13-6-8/h7-8H,1-2,4-6H2. The molecule has 4 heteroatoms. The average Bonchev–Trinajstić information content (AvgIpc) is 2.79. The molecule has 1 atom stereocenters. The van der Waals surface area contributed by atoms with E-state index >= 15 is 0 Å². The number of hydrogen-bond donors (Lipinski definition) is 0. The molecule has 1 aliphatic heterocycles. The molecule has 0 saturated carbocycles. The van der Waals surface area contributed by atoms with Gasteiger partial charge in [0.05, 0.1) is 23.2 Å². The molecular formula is C10H12N2OS. The van der Waals surface area contributed by atoms with E-state index in [2.05, 4.69) is 11.1 Å². The first kappa shape index (κ1) is 9.63. The fraction of sp³-hybridized carbons (Fsp3) is 0.600. The summed E-state index contributed by atoms with van der Waals surface area (Å²) in [5, 5.41) is 11.6. The van der Waals surface area contributed by atoms with Gasteiger partial charge in [0.2, 0.25) is 0 Å². The second kappa shape index (κ2) is 4.54. The summed E-state index contributed by atoms with van der Waals surface area (Å²) in [7, 11) is 0. The molecule has 2 heterocycles. The lowest BCUT2D eigenvalue weighted by atomic mass is 10.1. The molecular weight excluding hydrogens is 196 g/mol. The van der Waals surface area contributed by atoms with Crippen LogP contribution in [0.2, 0.25) is 0 Å². The van der Waals surface area contributed by atoms with Crippen LogP contribution < -0.4 is 0 Å². The number of thiazole rings is 1. The summed E-state index contributed by atoms with van der Waals surface area (Å²) < 4.78 is 5.31. The van der Waals surface area contributed by atoms with Crippen LogP contribution in [0.3, 0.4) is 0 Å². The van der Waals surface area contributed by atoms with Gasteiger partial charge in [-0.1, -0.05) is 0 Å². The first-order valence-corrected chi connectivity index (χ1v) is 5.64. The molecule has 1 unspecified atom stereocenters. The molecule has 3 nitrogen and oxygen atoms in total. The second-order valence-corrected chi connectivity index (χ2v) is 4.44. The van der Waals surface area contributed by atoms with Gasteiger partial charge in [-0.25, -0.2) is 4.98 Å². The summed E-state index contributed by atoms with van der Waals surface area (Å²) in [6, 6.07) is 2.11. The van der Waals surface area contributed by atoms with Crippen molar-refractivity contribution in [2.45, 2.75) is 19.3 Å². The maximum absolute atomic E-state index is 8.51. The Morgan fingerprint density at radius 1 is 1.71 bits per heavy atom. The van der Waals surface area contributed by atoms with Gasteiger partial charge in [0, 0.05) is 25.0 Å².